The van der Waals surface area contributed by atoms with E-state index in [9.17, 15) is 5.11 Å². The number of fused-ring (bicyclic) bond motifs is 1. The van der Waals surface area contributed by atoms with Gasteiger partial charge in [0.25, 0.3) is 0 Å². The van der Waals surface area contributed by atoms with Crippen LogP contribution < -0.4 is 0 Å². The second-order valence-corrected chi connectivity index (χ2v) is 6.79. The molecule has 1 aliphatic carbocycles. The third-order valence-corrected chi connectivity index (χ3v) is 4.00. The molecule has 112 valence electrons. The number of hydrogen-bond acceptors (Lipinski definition) is 3. The normalized spacial score (nSPS) is 19.0. The van der Waals surface area contributed by atoms with Crippen LogP contribution in [0.4, 0.5) is 0 Å². The Balaban J connectivity index is 1.91. The highest BCUT2D eigenvalue weighted by molar-refractivity contribution is 5.43. The van der Waals surface area contributed by atoms with Gasteiger partial charge in [-0.1, -0.05) is 19.8 Å². The van der Waals surface area contributed by atoms with Crippen LogP contribution in [0.2, 0.25) is 0 Å². The summed E-state index contributed by atoms with van der Waals surface area (Å²) in [5.74, 6) is 6.15. The van der Waals surface area contributed by atoms with Crippen molar-refractivity contribution in [2.24, 2.45) is 5.41 Å². The largest absolute Gasteiger partial charge is 0.388 e. The molecule has 0 radical (unpaired) electrons. The predicted molar refractivity (Wildman–Crippen MR) is 86.3 cm³/mol. The zero-order valence-corrected chi connectivity index (χ0v) is 13.2. The second kappa shape index (κ2) is 5.55. The van der Waals surface area contributed by atoms with Crippen molar-refractivity contribution in [3.05, 3.63) is 58.7 Å². The van der Waals surface area contributed by atoms with Gasteiger partial charge < -0.3 is 5.11 Å². The van der Waals surface area contributed by atoms with Crippen molar-refractivity contribution >= 4 is 0 Å². The van der Waals surface area contributed by atoms with Crippen molar-refractivity contribution in [1.29, 1.82) is 0 Å². The van der Waals surface area contributed by atoms with E-state index in [1.807, 2.05) is 25.1 Å². The number of aliphatic hydroxyl groups is 1. The van der Waals surface area contributed by atoms with Gasteiger partial charge in [-0.25, -0.2) is 4.98 Å². The summed E-state index contributed by atoms with van der Waals surface area (Å²) in [6, 6.07) is 5.87. The highest BCUT2D eigenvalue weighted by atomic mass is 16.3. The van der Waals surface area contributed by atoms with E-state index in [4.69, 9.17) is 0 Å². The van der Waals surface area contributed by atoms with Crippen LogP contribution in [0.3, 0.4) is 0 Å². The lowest BCUT2D eigenvalue weighted by Gasteiger charge is -2.33. The van der Waals surface area contributed by atoms with Crippen LogP contribution in [0.5, 0.6) is 0 Å². The first kappa shape index (κ1) is 14.7. The van der Waals surface area contributed by atoms with Gasteiger partial charge in [-0.3, -0.25) is 4.98 Å². The highest BCUT2D eigenvalue weighted by Gasteiger charge is 2.31. The van der Waals surface area contributed by atoms with Gasteiger partial charge in [0.05, 0.1) is 6.10 Å². The summed E-state index contributed by atoms with van der Waals surface area (Å²) in [4.78, 5) is 8.74. The van der Waals surface area contributed by atoms with E-state index in [0.717, 1.165) is 40.9 Å². The fourth-order valence-electron chi connectivity index (χ4n) is 2.91. The molecule has 0 fully saturated rings. The molecular formula is C19H20N2O. The SMILES string of the molecule is Cc1ccnc(C#Cc2cnc3c(c2)C(O)CC(C)(C)C3)c1. The Bertz CT molecular complexity index is 768. The Kier molecular flexibility index (Phi) is 3.72. The molecule has 0 aromatic carbocycles. The van der Waals surface area contributed by atoms with E-state index in [1.165, 1.54) is 0 Å². The molecule has 3 heteroatoms. The van der Waals surface area contributed by atoms with Crippen LogP contribution in [0.1, 0.15) is 54.5 Å². The maximum Gasteiger partial charge on any atom is 0.113 e. The summed E-state index contributed by atoms with van der Waals surface area (Å²) in [6.07, 6.45) is 4.75. The van der Waals surface area contributed by atoms with Crippen LogP contribution in [0.15, 0.2) is 30.6 Å². The summed E-state index contributed by atoms with van der Waals surface area (Å²) in [5.41, 5.74) is 4.71. The molecule has 1 N–H and O–H groups in total. The Hall–Kier alpha value is -2.18. The van der Waals surface area contributed by atoms with Gasteiger partial charge in [0.1, 0.15) is 5.69 Å². The molecule has 3 rings (SSSR count). The molecule has 22 heavy (non-hydrogen) atoms. The van der Waals surface area contributed by atoms with Gasteiger partial charge in [-0.2, -0.15) is 0 Å². The van der Waals surface area contributed by atoms with Crippen molar-refractivity contribution in [3.63, 3.8) is 0 Å². The first-order chi connectivity index (χ1) is 10.4. The van der Waals surface area contributed by atoms with E-state index < -0.39 is 6.10 Å². The van der Waals surface area contributed by atoms with E-state index in [1.54, 1.807) is 12.4 Å². The van der Waals surface area contributed by atoms with Gasteiger partial charge in [-0.15, -0.1) is 0 Å². The van der Waals surface area contributed by atoms with Gasteiger partial charge >= 0.3 is 0 Å². The zero-order chi connectivity index (χ0) is 15.7. The van der Waals surface area contributed by atoms with Crippen molar-refractivity contribution < 1.29 is 5.11 Å². The minimum atomic E-state index is -0.454. The fourth-order valence-corrected chi connectivity index (χ4v) is 2.91. The molecule has 2 aromatic rings. The Morgan fingerprint density at radius 1 is 1.23 bits per heavy atom. The lowest BCUT2D eigenvalue weighted by atomic mass is 9.75. The number of aliphatic hydroxyl groups excluding tert-OH is 1. The lowest BCUT2D eigenvalue weighted by Crippen LogP contribution is -2.26. The monoisotopic (exact) mass is 292 g/mol. The number of rotatable bonds is 0. The van der Waals surface area contributed by atoms with E-state index in [-0.39, 0.29) is 5.41 Å². The minimum Gasteiger partial charge on any atom is -0.388 e. The Morgan fingerprint density at radius 2 is 2.05 bits per heavy atom. The molecule has 1 aliphatic rings. The lowest BCUT2D eigenvalue weighted by molar-refractivity contribution is 0.0981. The summed E-state index contributed by atoms with van der Waals surface area (Å²) in [5, 5.41) is 10.3. The standard InChI is InChI=1S/C19H20N2O/c1-13-6-7-20-15(8-13)5-4-14-9-16-17(21-12-14)10-19(2,3)11-18(16)22/h6-9,12,18,22H,10-11H2,1-3H3. The van der Waals surface area contributed by atoms with Crippen molar-refractivity contribution in [2.45, 2.75) is 39.7 Å². The van der Waals surface area contributed by atoms with Gasteiger partial charge in [0, 0.05) is 29.2 Å². The average Bonchev–Trinajstić information content (AvgIpc) is 2.44. The molecule has 2 heterocycles. The molecule has 3 nitrogen and oxygen atoms in total. The summed E-state index contributed by atoms with van der Waals surface area (Å²) in [6.45, 7) is 6.35. The van der Waals surface area contributed by atoms with Crippen LogP contribution >= 0.6 is 0 Å². The van der Waals surface area contributed by atoms with E-state index in [0.29, 0.717) is 0 Å². The topological polar surface area (TPSA) is 46.0 Å². The summed E-state index contributed by atoms with van der Waals surface area (Å²) < 4.78 is 0. The highest BCUT2D eigenvalue weighted by Crippen LogP contribution is 2.39. The average molecular weight is 292 g/mol. The van der Waals surface area contributed by atoms with Crippen molar-refractivity contribution in [1.82, 2.24) is 9.97 Å². The quantitative estimate of drug-likeness (QED) is 0.759. The third kappa shape index (κ3) is 3.18. The number of hydrogen-bond donors (Lipinski definition) is 1. The molecular weight excluding hydrogens is 272 g/mol. The van der Waals surface area contributed by atoms with Gasteiger partial charge in [0.15, 0.2) is 0 Å². The molecule has 1 atom stereocenters. The molecule has 0 saturated carbocycles. The molecule has 0 aliphatic heterocycles. The molecule has 0 amide bonds. The smallest absolute Gasteiger partial charge is 0.113 e. The molecule has 1 unspecified atom stereocenters. The number of aromatic nitrogens is 2. The first-order valence-corrected chi connectivity index (χ1v) is 7.54. The molecule has 0 spiro atoms. The Labute approximate surface area is 131 Å². The van der Waals surface area contributed by atoms with E-state index in [2.05, 4.69) is 35.7 Å². The molecule has 2 aromatic heterocycles. The third-order valence-electron chi connectivity index (χ3n) is 4.00. The van der Waals surface area contributed by atoms with E-state index >= 15 is 0 Å². The first-order valence-electron chi connectivity index (χ1n) is 7.54. The van der Waals surface area contributed by atoms with Gasteiger partial charge in [0.2, 0.25) is 0 Å². The van der Waals surface area contributed by atoms with Crippen LogP contribution in [0.25, 0.3) is 0 Å². The molecule has 0 saturated heterocycles. The minimum absolute atomic E-state index is 0.0953. The second-order valence-electron chi connectivity index (χ2n) is 6.79. The van der Waals surface area contributed by atoms with Gasteiger partial charge in [-0.05, 0) is 54.9 Å². The number of aryl methyl sites for hydroxylation is 1. The van der Waals surface area contributed by atoms with Crippen molar-refractivity contribution in [3.8, 4) is 11.8 Å². The zero-order valence-electron chi connectivity index (χ0n) is 13.2. The summed E-state index contributed by atoms with van der Waals surface area (Å²) >= 11 is 0. The Morgan fingerprint density at radius 3 is 2.82 bits per heavy atom. The van der Waals surface area contributed by atoms with Crippen LogP contribution in [-0.2, 0) is 6.42 Å². The summed E-state index contributed by atoms with van der Waals surface area (Å²) in [7, 11) is 0. The number of nitrogens with zero attached hydrogens (tertiary/aromatic N) is 2. The molecule has 0 bridgehead atoms. The predicted octanol–water partition coefficient (Wildman–Crippen LogP) is 3.19. The van der Waals surface area contributed by atoms with Crippen LogP contribution in [-0.4, -0.2) is 15.1 Å². The maximum atomic E-state index is 10.3. The fraction of sp³-hybridized carbons (Fsp3) is 0.368. The van der Waals surface area contributed by atoms with Crippen molar-refractivity contribution in [2.75, 3.05) is 0 Å². The maximum absolute atomic E-state index is 10.3. The number of pyridine rings is 2. The van der Waals surface area contributed by atoms with Crippen LogP contribution in [0, 0.1) is 24.2 Å².